The van der Waals surface area contributed by atoms with Gasteiger partial charge >= 0.3 is 16.4 Å². The van der Waals surface area contributed by atoms with E-state index in [1.165, 1.54) is 161 Å². The zero-order valence-electron chi connectivity index (χ0n) is 37.6. The van der Waals surface area contributed by atoms with Crippen molar-refractivity contribution in [3.8, 4) is 0 Å². The van der Waals surface area contributed by atoms with Crippen LogP contribution in [0.3, 0.4) is 0 Å². The minimum Gasteiger partial charge on any atom is -0.457 e. The van der Waals surface area contributed by atoms with E-state index >= 15 is 0 Å². The van der Waals surface area contributed by atoms with Gasteiger partial charge in [0.05, 0.1) is 19.8 Å². The van der Waals surface area contributed by atoms with E-state index < -0.39 is 59.8 Å². The van der Waals surface area contributed by atoms with E-state index in [9.17, 15) is 28.5 Å². The first kappa shape index (κ1) is 56.1. The summed E-state index contributed by atoms with van der Waals surface area (Å²) in [5.74, 6) is -0.396. The number of hydrogen-bond donors (Lipinski definition) is 4. The number of aliphatic hydroxyl groups excluding tert-OH is 3. The summed E-state index contributed by atoms with van der Waals surface area (Å²) in [6, 6.07) is 0. The van der Waals surface area contributed by atoms with Crippen LogP contribution < -0.4 is 0 Å². The van der Waals surface area contributed by atoms with E-state index in [0.717, 1.165) is 38.5 Å². The molecule has 6 atom stereocenters. The van der Waals surface area contributed by atoms with Crippen LogP contribution >= 0.6 is 0 Å². The summed E-state index contributed by atoms with van der Waals surface area (Å²) in [6.45, 7) is 4.02. The second-order valence-corrected chi connectivity index (χ2v) is 18.1. The number of unbranched alkanes of at least 4 members (excludes halogenated alkanes) is 30. The molecule has 1 rings (SSSR count). The average Bonchev–Trinajstić information content (AvgIpc) is 3.20. The number of aliphatic hydroxyl groups is 3. The van der Waals surface area contributed by atoms with Gasteiger partial charge in [-0.15, -0.1) is 0 Å². The van der Waals surface area contributed by atoms with Crippen LogP contribution in [0.2, 0.25) is 0 Å². The molecule has 0 aromatic rings. The van der Waals surface area contributed by atoms with Gasteiger partial charge in [-0.2, -0.15) is 8.42 Å². The molecular formula is C46H90O12S. The van der Waals surface area contributed by atoms with Crippen LogP contribution in [0, 0.1) is 0 Å². The highest BCUT2D eigenvalue weighted by molar-refractivity contribution is 7.80. The van der Waals surface area contributed by atoms with Gasteiger partial charge in [0.15, 0.2) is 6.29 Å². The highest BCUT2D eigenvalue weighted by Crippen LogP contribution is 2.26. The minimum absolute atomic E-state index is 0.0445. The van der Waals surface area contributed by atoms with Gasteiger partial charge in [-0.25, -0.2) is 4.18 Å². The van der Waals surface area contributed by atoms with Gasteiger partial charge in [0.25, 0.3) is 0 Å². The molecule has 6 unspecified atom stereocenters. The summed E-state index contributed by atoms with van der Waals surface area (Å²) in [6.07, 6.45) is 31.5. The first-order chi connectivity index (χ1) is 28.6. The molecule has 4 N–H and O–H groups in total. The smallest absolute Gasteiger partial charge is 0.397 e. The third-order valence-corrected chi connectivity index (χ3v) is 11.9. The Labute approximate surface area is 360 Å². The fourth-order valence-electron chi connectivity index (χ4n) is 7.79. The lowest BCUT2D eigenvalue weighted by Gasteiger charge is -2.41. The Hall–Kier alpha value is -0.900. The fraction of sp³-hybridized carbons (Fsp3) is 0.978. The maximum atomic E-state index is 12.8. The standard InChI is InChI=1S/C46H90O12S/c1-3-5-7-9-11-13-15-16-17-18-19-20-21-22-23-24-25-26-28-30-32-34-36-54-38-40(56-42(48)35-33-31-29-27-14-12-10-8-6-4-2)39-55-46-44(50)45(58-59(51,52)53)43(49)41(37-47)57-46/h40-41,43-47,49-50H,3-39H2,1-2H3,(H,51,52,53). The van der Waals surface area contributed by atoms with Gasteiger partial charge in [-0.3, -0.25) is 9.35 Å². The third-order valence-electron chi connectivity index (χ3n) is 11.5. The Bertz CT molecular complexity index is 1050. The van der Waals surface area contributed by atoms with Crippen LogP contribution in [-0.2, 0) is 38.3 Å². The molecule has 0 aromatic heterocycles. The molecule has 0 spiro atoms. The SMILES string of the molecule is CCCCCCCCCCCCCCCCCCCCCCCCOCC(COC1OC(CO)C(O)C(OS(=O)(=O)O)C1O)OC(=O)CCCCCCCCCCCC. The predicted molar refractivity (Wildman–Crippen MR) is 235 cm³/mol. The first-order valence-corrected chi connectivity index (χ1v) is 25.7. The molecule has 59 heavy (non-hydrogen) atoms. The highest BCUT2D eigenvalue weighted by Gasteiger charge is 2.48. The molecule has 1 fully saturated rings. The maximum Gasteiger partial charge on any atom is 0.397 e. The number of carbonyl (C=O) groups is 1. The molecule has 0 radical (unpaired) electrons. The molecule has 0 aliphatic carbocycles. The average molecular weight is 867 g/mol. The molecule has 0 amide bonds. The second-order valence-electron chi connectivity index (χ2n) is 17.1. The lowest BCUT2D eigenvalue weighted by molar-refractivity contribution is -0.301. The number of hydrogen-bond acceptors (Lipinski definition) is 11. The van der Waals surface area contributed by atoms with E-state index in [1.807, 2.05) is 0 Å². The van der Waals surface area contributed by atoms with Gasteiger partial charge in [0.1, 0.15) is 30.5 Å². The predicted octanol–water partition coefficient (Wildman–Crippen LogP) is 10.5. The van der Waals surface area contributed by atoms with Crippen LogP contribution in [0.25, 0.3) is 0 Å². The van der Waals surface area contributed by atoms with Crippen molar-refractivity contribution in [3.63, 3.8) is 0 Å². The molecule has 352 valence electrons. The summed E-state index contributed by atoms with van der Waals surface area (Å²) in [4.78, 5) is 12.8. The van der Waals surface area contributed by atoms with Crippen molar-refractivity contribution in [2.75, 3.05) is 26.4 Å². The molecule has 0 saturated carbocycles. The van der Waals surface area contributed by atoms with Gasteiger partial charge < -0.3 is 34.3 Å². The monoisotopic (exact) mass is 867 g/mol. The Morgan fingerprint density at radius 3 is 1.36 bits per heavy atom. The summed E-state index contributed by atoms with van der Waals surface area (Å²) in [5, 5.41) is 30.6. The largest absolute Gasteiger partial charge is 0.457 e. The lowest BCUT2D eigenvalue weighted by Crippen LogP contribution is -2.60. The maximum absolute atomic E-state index is 12.8. The van der Waals surface area contributed by atoms with Crippen molar-refractivity contribution < 1.29 is 56.2 Å². The van der Waals surface area contributed by atoms with Gasteiger partial charge in [-0.1, -0.05) is 206 Å². The van der Waals surface area contributed by atoms with Crippen molar-refractivity contribution in [1.82, 2.24) is 0 Å². The van der Waals surface area contributed by atoms with E-state index in [-0.39, 0.29) is 19.6 Å². The number of rotatable bonds is 43. The van der Waals surface area contributed by atoms with Gasteiger partial charge in [-0.05, 0) is 12.8 Å². The summed E-state index contributed by atoms with van der Waals surface area (Å²) < 4.78 is 59.0. The summed E-state index contributed by atoms with van der Waals surface area (Å²) >= 11 is 0. The Kier molecular flexibility index (Phi) is 36.9. The van der Waals surface area contributed by atoms with E-state index in [2.05, 4.69) is 18.0 Å². The zero-order valence-corrected chi connectivity index (χ0v) is 38.4. The molecule has 1 saturated heterocycles. The van der Waals surface area contributed by atoms with Crippen molar-refractivity contribution in [2.24, 2.45) is 0 Å². The molecule has 0 bridgehead atoms. The quantitative estimate of drug-likeness (QED) is 0.0259. The highest BCUT2D eigenvalue weighted by atomic mass is 32.3. The molecule has 0 aromatic carbocycles. The Balaban J connectivity index is 2.30. The van der Waals surface area contributed by atoms with Crippen LogP contribution in [-0.4, -0.2) is 97.5 Å². The second kappa shape index (κ2) is 38.7. The van der Waals surface area contributed by atoms with Crippen LogP contribution in [0.1, 0.15) is 226 Å². The molecule has 13 heteroatoms. The Morgan fingerprint density at radius 2 is 0.966 bits per heavy atom. The number of esters is 1. The summed E-state index contributed by atoms with van der Waals surface area (Å²) in [5.41, 5.74) is 0. The third kappa shape index (κ3) is 32.4. The molecule has 1 heterocycles. The van der Waals surface area contributed by atoms with Crippen LogP contribution in [0.4, 0.5) is 0 Å². The van der Waals surface area contributed by atoms with Crippen LogP contribution in [0.5, 0.6) is 0 Å². The van der Waals surface area contributed by atoms with Gasteiger partial charge in [0.2, 0.25) is 0 Å². The summed E-state index contributed by atoms with van der Waals surface area (Å²) in [7, 11) is -5.05. The zero-order chi connectivity index (χ0) is 43.2. The number of ether oxygens (including phenoxy) is 4. The topological polar surface area (TPSA) is 178 Å². The number of carbonyl (C=O) groups excluding carboxylic acids is 1. The molecule has 1 aliphatic rings. The fourth-order valence-corrected chi connectivity index (χ4v) is 8.30. The van der Waals surface area contributed by atoms with E-state index in [4.69, 9.17) is 23.5 Å². The van der Waals surface area contributed by atoms with Crippen molar-refractivity contribution in [1.29, 1.82) is 0 Å². The molecule has 12 nitrogen and oxygen atoms in total. The molecular weight excluding hydrogens is 777 g/mol. The van der Waals surface area contributed by atoms with Crippen molar-refractivity contribution in [2.45, 2.75) is 263 Å². The van der Waals surface area contributed by atoms with E-state index in [0.29, 0.717) is 13.0 Å². The lowest BCUT2D eigenvalue weighted by atomic mass is 9.99. The van der Waals surface area contributed by atoms with Crippen molar-refractivity contribution in [3.05, 3.63) is 0 Å². The van der Waals surface area contributed by atoms with Crippen molar-refractivity contribution >= 4 is 16.4 Å². The first-order valence-electron chi connectivity index (χ1n) is 24.3. The van der Waals surface area contributed by atoms with E-state index in [1.54, 1.807) is 0 Å². The molecule has 1 aliphatic heterocycles. The Morgan fingerprint density at radius 1 is 0.576 bits per heavy atom. The minimum atomic E-state index is -5.05. The normalized spacial score (nSPS) is 20.3. The van der Waals surface area contributed by atoms with Gasteiger partial charge in [0, 0.05) is 13.0 Å². The van der Waals surface area contributed by atoms with Crippen LogP contribution in [0.15, 0.2) is 0 Å².